The number of halogens is 1. The molecule has 0 saturated carbocycles. The molecular weight excluding hydrogens is 256 g/mol. The van der Waals surface area contributed by atoms with Crippen LogP contribution in [0.1, 0.15) is 26.3 Å². The van der Waals surface area contributed by atoms with Crippen LogP contribution in [0.3, 0.4) is 0 Å². The second-order valence-electron chi connectivity index (χ2n) is 4.54. The van der Waals surface area contributed by atoms with Crippen molar-refractivity contribution in [3.63, 3.8) is 0 Å². The third kappa shape index (κ3) is 1.73. The lowest BCUT2D eigenvalue weighted by Gasteiger charge is -2.20. The van der Waals surface area contributed by atoms with Gasteiger partial charge in [-0.2, -0.15) is 0 Å². The van der Waals surface area contributed by atoms with Crippen molar-refractivity contribution in [2.24, 2.45) is 0 Å². The Kier molecular flexibility index (Phi) is 2.44. The minimum absolute atomic E-state index is 0.215. The van der Waals surface area contributed by atoms with Crippen molar-refractivity contribution >= 4 is 37.4 Å². The molecule has 0 saturated heterocycles. The molecule has 0 aliphatic rings. The highest BCUT2D eigenvalue weighted by Crippen LogP contribution is 2.35. The van der Waals surface area contributed by atoms with Crippen molar-refractivity contribution in [1.82, 2.24) is 0 Å². The van der Waals surface area contributed by atoms with Crippen LogP contribution in [0.4, 0.5) is 0 Å². The van der Waals surface area contributed by atoms with Gasteiger partial charge in [0, 0.05) is 9.17 Å². The maximum absolute atomic E-state index is 3.57. The van der Waals surface area contributed by atoms with Gasteiger partial charge < -0.3 is 0 Å². The maximum atomic E-state index is 3.57. The zero-order valence-electron chi connectivity index (χ0n) is 8.60. The summed E-state index contributed by atoms with van der Waals surface area (Å²) in [6.45, 7) is 6.77. The van der Waals surface area contributed by atoms with Crippen LogP contribution in [-0.2, 0) is 5.41 Å². The zero-order valence-corrected chi connectivity index (χ0v) is 11.0. The van der Waals surface area contributed by atoms with Crippen LogP contribution in [-0.4, -0.2) is 0 Å². The molecule has 1 heterocycles. The first-order chi connectivity index (χ1) is 6.48. The van der Waals surface area contributed by atoms with Gasteiger partial charge in [0.05, 0.1) is 0 Å². The molecule has 0 bridgehead atoms. The third-order valence-electron chi connectivity index (χ3n) is 2.32. The van der Waals surface area contributed by atoms with Crippen molar-refractivity contribution in [3.05, 3.63) is 33.6 Å². The molecule has 1 aromatic carbocycles. The smallest absolute Gasteiger partial charge is 0.0380 e. The van der Waals surface area contributed by atoms with Crippen molar-refractivity contribution in [2.45, 2.75) is 26.2 Å². The highest BCUT2D eigenvalue weighted by atomic mass is 79.9. The van der Waals surface area contributed by atoms with Crippen molar-refractivity contribution in [2.75, 3.05) is 0 Å². The summed E-state index contributed by atoms with van der Waals surface area (Å²) in [5.74, 6) is 0. The molecule has 0 spiro atoms. The molecule has 0 radical (unpaired) electrons. The molecule has 0 aliphatic heterocycles. The van der Waals surface area contributed by atoms with Gasteiger partial charge in [-0.3, -0.25) is 0 Å². The van der Waals surface area contributed by atoms with Crippen LogP contribution < -0.4 is 0 Å². The largest absolute Gasteiger partial charge is 0.144 e. The van der Waals surface area contributed by atoms with Crippen molar-refractivity contribution < 1.29 is 0 Å². The van der Waals surface area contributed by atoms with E-state index in [0.29, 0.717) is 0 Å². The first-order valence-corrected chi connectivity index (χ1v) is 6.33. The van der Waals surface area contributed by atoms with E-state index < -0.39 is 0 Å². The fourth-order valence-corrected chi connectivity index (χ4v) is 3.18. The monoisotopic (exact) mass is 268 g/mol. The number of thiophene rings is 1. The molecule has 2 aromatic rings. The van der Waals surface area contributed by atoms with Crippen LogP contribution in [0.25, 0.3) is 10.1 Å². The van der Waals surface area contributed by atoms with E-state index in [4.69, 9.17) is 0 Å². The van der Waals surface area contributed by atoms with Crippen LogP contribution >= 0.6 is 27.3 Å². The van der Waals surface area contributed by atoms with E-state index in [0.717, 1.165) is 0 Å². The van der Waals surface area contributed by atoms with Gasteiger partial charge >= 0.3 is 0 Å². The normalized spacial score (nSPS) is 12.3. The third-order valence-corrected chi connectivity index (χ3v) is 3.75. The van der Waals surface area contributed by atoms with Gasteiger partial charge in [0.2, 0.25) is 0 Å². The number of fused-ring (bicyclic) bond motifs is 1. The summed E-state index contributed by atoms with van der Waals surface area (Å²) in [5.41, 5.74) is 1.64. The fraction of sp³-hybridized carbons (Fsp3) is 0.333. The Morgan fingerprint density at radius 2 is 1.93 bits per heavy atom. The molecular formula is C12H13BrS. The Bertz CT molecular complexity index is 463. The molecule has 1 aromatic heterocycles. The number of benzene rings is 1. The minimum atomic E-state index is 0.215. The van der Waals surface area contributed by atoms with E-state index >= 15 is 0 Å². The molecule has 0 N–H and O–H groups in total. The summed E-state index contributed by atoms with van der Waals surface area (Å²) >= 11 is 5.39. The van der Waals surface area contributed by atoms with Gasteiger partial charge in [-0.15, -0.1) is 11.3 Å². The molecule has 14 heavy (non-hydrogen) atoms. The molecule has 0 aliphatic carbocycles. The maximum Gasteiger partial charge on any atom is 0.0380 e. The van der Waals surface area contributed by atoms with Gasteiger partial charge in [-0.25, -0.2) is 0 Å². The summed E-state index contributed by atoms with van der Waals surface area (Å²) < 4.78 is 2.59. The predicted molar refractivity (Wildman–Crippen MR) is 68.2 cm³/mol. The molecule has 74 valence electrons. The highest BCUT2D eigenvalue weighted by molar-refractivity contribution is 9.10. The summed E-state index contributed by atoms with van der Waals surface area (Å²) in [5, 5.41) is 3.50. The lowest BCUT2D eigenvalue weighted by Crippen LogP contribution is -2.10. The topological polar surface area (TPSA) is 0 Å². The molecule has 0 amide bonds. The minimum Gasteiger partial charge on any atom is -0.144 e. The predicted octanol–water partition coefficient (Wildman–Crippen LogP) is 4.96. The van der Waals surface area contributed by atoms with Gasteiger partial charge in [-0.1, -0.05) is 36.7 Å². The van der Waals surface area contributed by atoms with Crippen LogP contribution in [0, 0.1) is 0 Å². The quantitative estimate of drug-likeness (QED) is 0.634. The summed E-state index contributed by atoms with van der Waals surface area (Å²) in [6, 6.07) is 6.60. The van der Waals surface area contributed by atoms with E-state index in [9.17, 15) is 0 Å². The Balaban J connectivity index is 2.80. The first kappa shape index (κ1) is 10.2. The molecule has 0 nitrogen and oxygen atoms in total. The van der Waals surface area contributed by atoms with Gasteiger partial charge in [0.25, 0.3) is 0 Å². The first-order valence-electron chi connectivity index (χ1n) is 4.66. The zero-order chi connectivity index (χ0) is 10.3. The highest BCUT2D eigenvalue weighted by Gasteiger charge is 2.18. The van der Waals surface area contributed by atoms with Gasteiger partial charge in [0.1, 0.15) is 0 Å². The summed E-state index contributed by atoms with van der Waals surface area (Å²) in [6.07, 6.45) is 0. The van der Waals surface area contributed by atoms with Crippen molar-refractivity contribution in [1.29, 1.82) is 0 Å². The van der Waals surface area contributed by atoms with E-state index in [-0.39, 0.29) is 5.41 Å². The summed E-state index contributed by atoms with van der Waals surface area (Å²) in [7, 11) is 0. The molecule has 2 rings (SSSR count). The fourth-order valence-electron chi connectivity index (χ4n) is 1.60. The molecule has 0 fully saturated rings. The average Bonchev–Trinajstić information content (AvgIpc) is 2.47. The lowest BCUT2D eigenvalue weighted by atomic mass is 9.86. The lowest BCUT2D eigenvalue weighted by molar-refractivity contribution is 0.596. The Morgan fingerprint density at radius 1 is 1.21 bits per heavy atom. The van der Waals surface area contributed by atoms with E-state index in [1.165, 1.54) is 20.1 Å². The second-order valence-corrected chi connectivity index (χ2v) is 6.37. The Hall–Kier alpha value is -0.340. The summed E-state index contributed by atoms with van der Waals surface area (Å²) in [4.78, 5) is 0. The second kappa shape index (κ2) is 3.35. The van der Waals surface area contributed by atoms with Crippen LogP contribution in [0.5, 0.6) is 0 Å². The van der Waals surface area contributed by atoms with Crippen molar-refractivity contribution in [3.8, 4) is 0 Å². The van der Waals surface area contributed by atoms with Gasteiger partial charge in [-0.05, 0) is 39.9 Å². The Labute approximate surface area is 97.1 Å². The molecule has 2 heteroatoms. The Morgan fingerprint density at radius 3 is 2.57 bits per heavy atom. The molecule has 0 atom stereocenters. The SMILES string of the molecule is CC(C)(C)c1cc(Br)cc2ccsc12. The number of hydrogen-bond acceptors (Lipinski definition) is 1. The standard InChI is InChI=1S/C12H13BrS/c1-12(2,3)10-7-9(13)6-8-4-5-14-11(8)10/h4-7H,1-3H3. The average molecular weight is 269 g/mol. The van der Waals surface area contributed by atoms with E-state index in [2.05, 4.69) is 60.3 Å². The van der Waals surface area contributed by atoms with E-state index in [1.54, 1.807) is 0 Å². The van der Waals surface area contributed by atoms with Crippen LogP contribution in [0.15, 0.2) is 28.1 Å². The molecule has 0 unspecified atom stereocenters. The van der Waals surface area contributed by atoms with Crippen LogP contribution in [0.2, 0.25) is 0 Å². The van der Waals surface area contributed by atoms with Gasteiger partial charge in [0.15, 0.2) is 0 Å². The number of hydrogen-bond donors (Lipinski definition) is 0. The number of rotatable bonds is 0. The van der Waals surface area contributed by atoms with E-state index in [1.807, 2.05) is 11.3 Å².